The van der Waals surface area contributed by atoms with Crippen LogP contribution < -0.4 is 0 Å². The Balaban J connectivity index is 1.18. The second kappa shape index (κ2) is 27.5. The van der Waals surface area contributed by atoms with Crippen LogP contribution in [0.4, 0.5) is 0 Å². The van der Waals surface area contributed by atoms with E-state index >= 15 is 0 Å². The van der Waals surface area contributed by atoms with E-state index in [0.29, 0.717) is 0 Å². The van der Waals surface area contributed by atoms with Crippen molar-refractivity contribution in [1.82, 2.24) is 39.9 Å². The molecule has 0 saturated heterocycles. The minimum atomic E-state index is 0.846. The van der Waals surface area contributed by atoms with Gasteiger partial charge in [0.1, 0.15) is 0 Å². The van der Waals surface area contributed by atoms with Gasteiger partial charge < -0.3 is 19.9 Å². The number of allylic oxidation sites excluding steroid dienone is 10. The van der Waals surface area contributed by atoms with E-state index in [1.165, 1.54) is 89.1 Å². The number of aryl methyl sites for hydroxylation is 8. The molecular formula is C80H94N8. The molecule has 4 aliphatic heterocycles. The van der Waals surface area contributed by atoms with E-state index in [2.05, 4.69) is 203 Å². The third-order valence-electron chi connectivity index (χ3n) is 19.2. The van der Waals surface area contributed by atoms with Gasteiger partial charge in [0.25, 0.3) is 0 Å². The summed E-state index contributed by atoms with van der Waals surface area (Å²) in [6.07, 6.45) is 22.6. The topological polar surface area (TPSA) is 115 Å². The third kappa shape index (κ3) is 11.2. The number of nitrogens with zero attached hydrogens (tertiary/aromatic N) is 4. The highest BCUT2D eigenvalue weighted by Gasteiger charge is 2.27. The number of aromatic amines is 4. The van der Waals surface area contributed by atoms with Crippen molar-refractivity contribution in [3.05, 3.63) is 150 Å². The maximum Gasteiger partial charge on any atom is 0.0765 e. The van der Waals surface area contributed by atoms with E-state index in [-0.39, 0.29) is 0 Å². The summed E-state index contributed by atoms with van der Waals surface area (Å²) in [5.74, 6) is 13.2. The fraction of sp³-hybridized carbons (Fsp3) is 0.400. The summed E-state index contributed by atoms with van der Waals surface area (Å²) in [5, 5.41) is 0. The van der Waals surface area contributed by atoms with Crippen LogP contribution >= 0.6 is 0 Å². The normalized spacial score (nSPS) is 13.5. The molecule has 0 fully saturated rings. The number of rotatable bonds is 18. The molecule has 6 aromatic heterocycles. The lowest BCUT2D eigenvalue weighted by Crippen LogP contribution is -1.92. The Morgan fingerprint density at radius 3 is 0.841 bits per heavy atom. The SMILES string of the molecule is CCC1=C(CC)c2cc3[nH]c(cc4[nH]c(c(/C=C/C#CC#C/C=C/c5c6nc(cc7[nH]c(cc8nc(cc9[nH]c5c(CC)c9CC)C(CC)=C8CC)c(CC)c7CC)C(CC)=C6CC)c5nc(cc1n2)C(CC)=C5CC)c(CC)c4CC)c(CC)c3CC. The first-order valence-electron chi connectivity index (χ1n) is 33.8. The summed E-state index contributed by atoms with van der Waals surface area (Å²) in [6.45, 7) is 36.3. The van der Waals surface area contributed by atoms with Gasteiger partial charge in [0.05, 0.1) is 56.6 Å². The van der Waals surface area contributed by atoms with Crippen molar-refractivity contribution in [3.8, 4) is 23.7 Å². The van der Waals surface area contributed by atoms with Crippen LogP contribution in [0.5, 0.6) is 0 Å². The smallest absolute Gasteiger partial charge is 0.0765 e. The highest BCUT2D eigenvalue weighted by Crippen LogP contribution is 2.44. The van der Waals surface area contributed by atoms with Crippen LogP contribution in [0.1, 0.15) is 263 Å². The molecule has 8 heteroatoms. The quantitative estimate of drug-likeness (QED) is 0.0642. The van der Waals surface area contributed by atoms with E-state index in [1.807, 2.05) is 12.2 Å². The largest absolute Gasteiger partial charge is 0.355 e. The Bertz CT molecular complexity index is 4430. The number of hydrogen-bond acceptors (Lipinski definition) is 4. The van der Waals surface area contributed by atoms with Crippen LogP contribution in [-0.2, 0) is 51.4 Å². The molecule has 0 unspecified atom stereocenters. The van der Waals surface area contributed by atoms with Gasteiger partial charge in [-0.15, -0.1) is 0 Å². The first-order valence-corrected chi connectivity index (χ1v) is 33.8. The fourth-order valence-electron chi connectivity index (χ4n) is 15.2. The van der Waals surface area contributed by atoms with Gasteiger partial charge in [0.2, 0.25) is 0 Å². The Hall–Kier alpha value is -8.20. The molecule has 8 nitrogen and oxygen atoms in total. The summed E-state index contributed by atoms with van der Waals surface area (Å²) >= 11 is 0. The van der Waals surface area contributed by atoms with Crippen molar-refractivity contribution in [2.45, 2.75) is 214 Å². The summed E-state index contributed by atoms with van der Waals surface area (Å²) in [6, 6.07) is 13.9. The number of hydrogen-bond donors (Lipinski definition) is 4. The molecule has 16 bridgehead atoms. The average Bonchev–Trinajstić information content (AvgIpc) is 1.88. The van der Waals surface area contributed by atoms with Gasteiger partial charge in [0, 0.05) is 44.2 Å². The van der Waals surface area contributed by atoms with E-state index < -0.39 is 0 Å². The highest BCUT2D eigenvalue weighted by molar-refractivity contribution is 6.01. The minimum absolute atomic E-state index is 0.846. The van der Waals surface area contributed by atoms with Gasteiger partial charge in [0.15, 0.2) is 0 Å². The summed E-state index contributed by atoms with van der Waals surface area (Å²) in [5.41, 5.74) is 40.5. The summed E-state index contributed by atoms with van der Waals surface area (Å²) < 4.78 is 0. The van der Waals surface area contributed by atoms with Crippen molar-refractivity contribution in [2.75, 3.05) is 0 Å². The monoisotopic (exact) mass is 1170 g/mol. The Labute approximate surface area is 524 Å². The third-order valence-corrected chi connectivity index (χ3v) is 19.2. The minimum Gasteiger partial charge on any atom is -0.355 e. The lowest BCUT2D eigenvalue weighted by molar-refractivity contribution is 1.07. The number of aromatic nitrogens is 8. The second-order valence-corrected chi connectivity index (χ2v) is 23.4. The lowest BCUT2D eigenvalue weighted by atomic mass is 9.95. The second-order valence-electron chi connectivity index (χ2n) is 23.4. The summed E-state index contributed by atoms with van der Waals surface area (Å²) in [7, 11) is 0. The zero-order valence-corrected chi connectivity index (χ0v) is 55.9. The van der Waals surface area contributed by atoms with E-state index in [0.717, 1.165) is 204 Å². The van der Waals surface area contributed by atoms with Gasteiger partial charge >= 0.3 is 0 Å². The Kier molecular flexibility index (Phi) is 19.6. The van der Waals surface area contributed by atoms with Gasteiger partial charge in [-0.05, 0) is 264 Å². The van der Waals surface area contributed by atoms with Crippen LogP contribution in [-0.4, -0.2) is 39.9 Å². The van der Waals surface area contributed by atoms with Crippen LogP contribution in [0, 0.1) is 23.7 Å². The zero-order valence-electron chi connectivity index (χ0n) is 55.9. The zero-order chi connectivity index (χ0) is 62.5. The molecule has 10 heterocycles. The fourth-order valence-corrected chi connectivity index (χ4v) is 15.2. The van der Waals surface area contributed by atoms with Gasteiger partial charge in [-0.2, -0.15) is 0 Å². The first kappa shape index (κ1) is 62.8. The maximum absolute atomic E-state index is 5.66. The molecule has 88 heavy (non-hydrogen) atoms. The summed E-state index contributed by atoms with van der Waals surface area (Å²) in [4.78, 5) is 38.1. The van der Waals surface area contributed by atoms with Crippen LogP contribution in [0.25, 0.3) is 101 Å². The van der Waals surface area contributed by atoms with Crippen molar-refractivity contribution in [1.29, 1.82) is 0 Å². The van der Waals surface area contributed by atoms with Crippen LogP contribution in [0.3, 0.4) is 0 Å². The molecule has 0 atom stereocenters. The predicted molar refractivity (Wildman–Crippen MR) is 380 cm³/mol. The number of H-pyrrole nitrogens is 4. The standard InChI is InChI=1S/C80H94N8/c1-17-47-51(21-5)69-43-73-55(25-9)59(29-13)77(85-73)63(78-60(30-14)56(26-10)74(86-78)44-70-52(22-6)48(18-2)66(82-70)41-65(47)81-69)39-37-35-33-34-36-38-40-64-79-61(31-15)57(27-11)75(87-79)45-71-53(23-7)49(19-3)67(83-71)42-68-50(20-4)54(24-8)72(84-68)46-76-58(28-12)62(32-16)80(64)88-76/h37-46,81,83,85,88H,17-32H2,1-16H3/b39-37+,40-38+,65-41?,66-41?,67-42?,68-42?,69-43?,70-44?,71-45?,72-46?,73-43?,74-44?,75-45?,76-46?,77-63?,78-63?,79-64?,80-64?. The molecule has 4 aliphatic rings. The van der Waals surface area contributed by atoms with Crippen molar-refractivity contribution < 1.29 is 0 Å². The Morgan fingerprint density at radius 1 is 0.273 bits per heavy atom. The Morgan fingerprint density at radius 2 is 0.523 bits per heavy atom. The number of nitrogens with one attached hydrogen (secondary N) is 4. The van der Waals surface area contributed by atoms with Crippen molar-refractivity contribution in [2.24, 2.45) is 0 Å². The number of fused-ring (bicyclic) bond motifs is 16. The van der Waals surface area contributed by atoms with Crippen LogP contribution in [0.15, 0.2) is 48.6 Å². The molecule has 6 aromatic rings. The average molecular weight is 1170 g/mol. The van der Waals surface area contributed by atoms with E-state index in [1.54, 1.807) is 0 Å². The predicted octanol–water partition coefficient (Wildman–Crippen LogP) is 21.1. The molecule has 0 spiro atoms. The van der Waals surface area contributed by atoms with Crippen molar-refractivity contribution >= 4 is 101 Å². The molecule has 0 amide bonds. The van der Waals surface area contributed by atoms with E-state index in [4.69, 9.17) is 19.9 Å². The molecule has 10 rings (SSSR count). The van der Waals surface area contributed by atoms with Gasteiger partial charge in [-0.1, -0.05) is 123 Å². The maximum atomic E-state index is 5.66. The van der Waals surface area contributed by atoms with E-state index in [9.17, 15) is 0 Å². The van der Waals surface area contributed by atoms with Crippen LogP contribution in [0.2, 0.25) is 0 Å². The molecule has 0 saturated carbocycles. The molecule has 0 aromatic carbocycles. The van der Waals surface area contributed by atoms with Crippen molar-refractivity contribution in [3.63, 3.8) is 0 Å². The van der Waals surface area contributed by atoms with Gasteiger partial charge in [-0.3, -0.25) is 0 Å². The molecule has 0 aliphatic carbocycles. The van der Waals surface area contributed by atoms with Gasteiger partial charge in [-0.25, -0.2) is 19.9 Å². The molecule has 4 N–H and O–H groups in total. The molecule has 0 radical (unpaired) electrons. The lowest BCUT2D eigenvalue weighted by Gasteiger charge is -2.07. The molecule has 454 valence electrons. The first-order chi connectivity index (χ1) is 42.9. The highest BCUT2D eigenvalue weighted by atomic mass is 14.8. The molecular weight excluding hydrogens is 1070 g/mol.